The Morgan fingerprint density at radius 2 is 1.94 bits per heavy atom. The van der Waals surface area contributed by atoms with Gasteiger partial charge in [-0.2, -0.15) is 4.98 Å². The lowest BCUT2D eigenvalue weighted by Gasteiger charge is -2.25. The van der Waals surface area contributed by atoms with Crippen molar-refractivity contribution in [1.29, 1.82) is 0 Å². The first kappa shape index (κ1) is 20.7. The summed E-state index contributed by atoms with van der Waals surface area (Å²) in [5, 5.41) is 13.8. The van der Waals surface area contributed by atoms with Gasteiger partial charge in [0, 0.05) is 32.1 Å². The van der Waals surface area contributed by atoms with Crippen molar-refractivity contribution >= 4 is 44.2 Å². The van der Waals surface area contributed by atoms with Gasteiger partial charge in [0.25, 0.3) is 5.91 Å². The van der Waals surface area contributed by atoms with E-state index in [2.05, 4.69) is 20.2 Å². The van der Waals surface area contributed by atoms with Crippen molar-refractivity contribution in [2.24, 2.45) is 0 Å². The number of amides is 1. The lowest BCUT2D eigenvalue weighted by Crippen LogP contribution is -2.36. The maximum absolute atomic E-state index is 13.1. The van der Waals surface area contributed by atoms with Gasteiger partial charge in [-0.1, -0.05) is 11.3 Å². The van der Waals surface area contributed by atoms with E-state index >= 15 is 0 Å². The summed E-state index contributed by atoms with van der Waals surface area (Å²) < 4.78 is 6.40. The van der Waals surface area contributed by atoms with Gasteiger partial charge in [-0.3, -0.25) is 9.78 Å². The number of pyridine rings is 1. The zero-order valence-corrected chi connectivity index (χ0v) is 18.9. The first-order valence-corrected chi connectivity index (χ1v) is 12.2. The van der Waals surface area contributed by atoms with Gasteiger partial charge in [0.15, 0.2) is 10.8 Å². The monoisotopic (exact) mass is 467 g/mol. The second-order valence-corrected chi connectivity index (χ2v) is 9.73. The fourth-order valence-electron chi connectivity index (χ4n) is 4.28. The van der Waals surface area contributed by atoms with Gasteiger partial charge >= 0.3 is 0 Å². The minimum atomic E-state index is -0.370. The van der Waals surface area contributed by atoms with Crippen molar-refractivity contribution in [2.45, 2.75) is 31.3 Å². The normalized spacial score (nSPS) is 21.1. The average Bonchev–Trinajstić information content (AvgIpc) is 3.46. The van der Waals surface area contributed by atoms with Crippen molar-refractivity contribution in [3.05, 3.63) is 29.8 Å². The van der Waals surface area contributed by atoms with Crippen molar-refractivity contribution in [3.8, 4) is 0 Å². The summed E-state index contributed by atoms with van der Waals surface area (Å²) in [5.74, 6) is 0.639. The molecule has 2 aliphatic heterocycles. The second-order valence-electron chi connectivity index (χ2n) is 8.72. The number of thiazole rings is 1. The Hall–Kier alpha value is -2.89. The summed E-state index contributed by atoms with van der Waals surface area (Å²) in [4.78, 5) is 35.6. The van der Waals surface area contributed by atoms with Crippen molar-refractivity contribution < 1.29 is 14.6 Å². The molecule has 6 rings (SSSR count). The summed E-state index contributed by atoms with van der Waals surface area (Å²) >= 11 is 1.59. The summed E-state index contributed by atoms with van der Waals surface area (Å²) in [6.45, 7) is 4.25. The number of anilines is 3. The molecular formula is C22H25N7O3S. The molecule has 33 heavy (non-hydrogen) atoms. The third-order valence-corrected chi connectivity index (χ3v) is 7.29. The van der Waals surface area contributed by atoms with Crippen LogP contribution in [0.2, 0.25) is 0 Å². The molecule has 1 aliphatic carbocycles. The molecule has 1 atom stereocenters. The Balaban J connectivity index is 1.27. The van der Waals surface area contributed by atoms with Crippen molar-refractivity contribution in [1.82, 2.24) is 19.9 Å². The minimum absolute atomic E-state index is 0.244. The molecule has 1 amide bonds. The first-order chi connectivity index (χ1) is 16.1. The summed E-state index contributed by atoms with van der Waals surface area (Å²) in [5.41, 5.74) is 2.59. The van der Waals surface area contributed by atoms with Gasteiger partial charge in [0.2, 0.25) is 0 Å². The number of nitrogens with zero attached hydrogens (tertiary/aromatic N) is 6. The highest BCUT2D eigenvalue weighted by Crippen LogP contribution is 2.44. The molecule has 3 aromatic rings. The number of aliphatic hydroxyl groups excluding tert-OH is 1. The Labute approximate surface area is 194 Å². The van der Waals surface area contributed by atoms with Gasteiger partial charge in [-0.25, -0.2) is 9.97 Å². The summed E-state index contributed by atoms with van der Waals surface area (Å²) in [6.07, 6.45) is 5.54. The summed E-state index contributed by atoms with van der Waals surface area (Å²) in [7, 11) is 0. The molecule has 0 radical (unpaired) electrons. The summed E-state index contributed by atoms with van der Waals surface area (Å²) in [6, 6.07) is 1.99. The molecule has 1 saturated carbocycles. The SMILES string of the molecule is O=C(Nc1cc2sc(N3CCOCC3)nc2nc1C1CC1)c1cncc(N2CCC(O)C2)n1. The Bertz CT molecular complexity index is 1190. The van der Waals surface area contributed by atoms with E-state index in [1.54, 1.807) is 17.5 Å². The predicted molar refractivity (Wildman–Crippen MR) is 125 cm³/mol. The first-order valence-electron chi connectivity index (χ1n) is 11.3. The Morgan fingerprint density at radius 3 is 2.70 bits per heavy atom. The van der Waals surface area contributed by atoms with Gasteiger partial charge in [-0.15, -0.1) is 0 Å². The van der Waals surface area contributed by atoms with Crippen LogP contribution in [0.25, 0.3) is 10.3 Å². The van der Waals surface area contributed by atoms with E-state index in [9.17, 15) is 9.90 Å². The zero-order chi connectivity index (χ0) is 22.4. The molecule has 11 heteroatoms. The molecule has 3 fully saturated rings. The largest absolute Gasteiger partial charge is 0.391 e. The number of aromatic nitrogens is 4. The lowest BCUT2D eigenvalue weighted by atomic mass is 10.2. The number of hydrogen-bond donors (Lipinski definition) is 2. The van der Waals surface area contributed by atoms with Crippen LogP contribution < -0.4 is 15.1 Å². The number of carbonyl (C=O) groups is 1. The van der Waals surface area contributed by atoms with E-state index in [4.69, 9.17) is 14.7 Å². The number of rotatable bonds is 5. The van der Waals surface area contributed by atoms with Gasteiger partial charge < -0.3 is 25.0 Å². The van der Waals surface area contributed by atoms with Crippen LogP contribution in [0.5, 0.6) is 0 Å². The van der Waals surface area contributed by atoms with Crippen LogP contribution >= 0.6 is 11.3 Å². The van der Waals surface area contributed by atoms with Gasteiger partial charge in [0.05, 0.1) is 47.8 Å². The number of fused-ring (bicyclic) bond motifs is 1. The molecule has 10 nitrogen and oxygen atoms in total. The number of hydrogen-bond acceptors (Lipinski definition) is 10. The molecule has 5 heterocycles. The fourth-order valence-corrected chi connectivity index (χ4v) is 5.28. The van der Waals surface area contributed by atoms with Gasteiger partial charge in [-0.05, 0) is 25.3 Å². The number of carbonyl (C=O) groups excluding carboxylic acids is 1. The van der Waals surface area contributed by atoms with Crippen molar-refractivity contribution in [2.75, 3.05) is 54.5 Å². The maximum Gasteiger partial charge on any atom is 0.276 e. The molecule has 1 unspecified atom stereocenters. The van der Waals surface area contributed by atoms with E-state index in [-0.39, 0.29) is 17.7 Å². The average molecular weight is 468 g/mol. The maximum atomic E-state index is 13.1. The standard InChI is InChI=1S/C22H25N7O3S/c30-14-3-4-29(12-14)18-11-23-10-16(24-18)21(31)25-15-9-17-20(26-19(15)13-1-2-13)27-22(33-17)28-5-7-32-8-6-28/h9-11,13-14,30H,1-8,12H2,(H,25,31). The smallest absolute Gasteiger partial charge is 0.276 e. The number of β-amino-alcohol motifs (C(OH)–C–C–N with tert-alkyl or cyclic N) is 1. The quantitative estimate of drug-likeness (QED) is 0.581. The molecular weight excluding hydrogens is 442 g/mol. The van der Waals surface area contributed by atoms with Crippen LogP contribution in [-0.2, 0) is 4.74 Å². The molecule has 2 N–H and O–H groups in total. The highest BCUT2D eigenvalue weighted by atomic mass is 32.1. The van der Waals surface area contributed by atoms with Gasteiger partial charge in [0.1, 0.15) is 11.5 Å². The Morgan fingerprint density at radius 1 is 1.09 bits per heavy atom. The van der Waals surface area contributed by atoms with E-state index < -0.39 is 0 Å². The fraction of sp³-hybridized carbons (Fsp3) is 0.500. The minimum Gasteiger partial charge on any atom is -0.391 e. The third kappa shape index (κ3) is 4.23. The molecule has 0 bridgehead atoms. The third-order valence-electron chi connectivity index (χ3n) is 6.24. The van der Waals surface area contributed by atoms with Crippen LogP contribution in [0.1, 0.15) is 41.4 Å². The topological polar surface area (TPSA) is 117 Å². The van der Waals surface area contributed by atoms with E-state index in [0.717, 1.165) is 52.8 Å². The Kier molecular flexibility index (Phi) is 5.31. The van der Waals surface area contributed by atoms with E-state index in [0.29, 0.717) is 44.5 Å². The van der Waals surface area contributed by atoms with Crippen molar-refractivity contribution in [3.63, 3.8) is 0 Å². The van der Waals surface area contributed by atoms with Crippen LogP contribution in [-0.4, -0.2) is 76.4 Å². The molecule has 172 valence electrons. The number of morpholine rings is 1. The molecule has 0 spiro atoms. The molecule has 3 aromatic heterocycles. The lowest BCUT2D eigenvalue weighted by molar-refractivity contribution is 0.102. The number of nitrogens with one attached hydrogen (secondary N) is 1. The number of aliphatic hydroxyl groups is 1. The molecule has 2 saturated heterocycles. The number of ether oxygens (including phenoxy) is 1. The van der Waals surface area contributed by atoms with Crippen LogP contribution in [0, 0.1) is 0 Å². The van der Waals surface area contributed by atoms with E-state index in [1.165, 1.54) is 6.20 Å². The molecule has 3 aliphatic rings. The van der Waals surface area contributed by atoms with Crippen LogP contribution in [0.4, 0.5) is 16.6 Å². The van der Waals surface area contributed by atoms with E-state index in [1.807, 2.05) is 11.0 Å². The molecule has 0 aromatic carbocycles. The zero-order valence-electron chi connectivity index (χ0n) is 18.1. The highest BCUT2D eigenvalue weighted by molar-refractivity contribution is 7.22. The predicted octanol–water partition coefficient (Wildman–Crippen LogP) is 2.02. The second kappa shape index (κ2) is 8.47. The van der Waals surface area contributed by atoms with Crippen LogP contribution in [0.15, 0.2) is 18.5 Å². The highest BCUT2D eigenvalue weighted by Gasteiger charge is 2.30. The van der Waals surface area contributed by atoms with Crippen LogP contribution in [0.3, 0.4) is 0 Å².